The first-order valence-corrected chi connectivity index (χ1v) is 11.5. The molecule has 1 aliphatic heterocycles. The van der Waals surface area contributed by atoms with Gasteiger partial charge in [-0.2, -0.15) is 8.42 Å². The molecule has 2 aromatic carbocycles. The molecular weight excluding hydrogens is 419 g/mol. The van der Waals surface area contributed by atoms with E-state index in [1.165, 1.54) is 24.3 Å². The first kappa shape index (κ1) is 21.0. The molecule has 0 atom stereocenters. The van der Waals surface area contributed by atoms with Crippen LogP contribution in [0.4, 0.5) is 10.1 Å². The highest BCUT2D eigenvalue weighted by Crippen LogP contribution is 2.22. The minimum absolute atomic E-state index is 0.00172. The Balaban J connectivity index is 1.57. The maximum Gasteiger partial charge on any atom is 0.284 e. The van der Waals surface area contributed by atoms with E-state index < -0.39 is 21.7 Å². The number of amidine groups is 1. The second-order valence-corrected chi connectivity index (χ2v) is 9.18. The quantitative estimate of drug-likeness (QED) is 0.635. The van der Waals surface area contributed by atoms with Crippen molar-refractivity contribution >= 4 is 38.4 Å². The second kappa shape index (κ2) is 8.50. The summed E-state index contributed by atoms with van der Waals surface area (Å²) in [6.45, 7) is 0.773. The topological polar surface area (TPSA) is 94.6 Å². The zero-order valence-electron chi connectivity index (χ0n) is 17.1. The van der Waals surface area contributed by atoms with E-state index in [0.717, 1.165) is 25.8 Å². The molecule has 1 aliphatic rings. The molecule has 4 rings (SSSR count). The van der Waals surface area contributed by atoms with Gasteiger partial charge in [-0.15, -0.1) is 4.40 Å². The number of carbonyl (C=O) groups is 1. The monoisotopic (exact) mass is 442 g/mol. The second-order valence-electron chi connectivity index (χ2n) is 7.58. The van der Waals surface area contributed by atoms with Gasteiger partial charge in [0.25, 0.3) is 15.9 Å². The summed E-state index contributed by atoms with van der Waals surface area (Å²) >= 11 is 0. The molecule has 7 nitrogen and oxygen atoms in total. The van der Waals surface area contributed by atoms with Crippen molar-refractivity contribution < 1.29 is 17.6 Å². The molecule has 0 bridgehead atoms. The number of H-pyrrole nitrogens is 1. The van der Waals surface area contributed by atoms with Crippen molar-refractivity contribution in [3.8, 4) is 0 Å². The molecule has 2 N–H and O–H groups in total. The fourth-order valence-electron chi connectivity index (χ4n) is 3.61. The van der Waals surface area contributed by atoms with E-state index in [0.29, 0.717) is 28.8 Å². The van der Waals surface area contributed by atoms with Crippen LogP contribution >= 0.6 is 0 Å². The van der Waals surface area contributed by atoms with Gasteiger partial charge in [-0.3, -0.25) is 4.79 Å². The number of rotatable bonds is 4. The fraction of sp³-hybridized carbons (Fsp3) is 0.273. The van der Waals surface area contributed by atoms with Crippen LogP contribution in [0.3, 0.4) is 0 Å². The van der Waals surface area contributed by atoms with Gasteiger partial charge in [0.15, 0.2) is 0 Å². The lowest BCUT2D eigenvalue weighted by Crippen LogP contribution is -2.26. The number of hydrogen-bond donors (Lipinski definition) is 2. The van der Waals surface area contributed by atoms with Crippen LogP contribution in [0.2, 0.25) is 0 Å². The Labute approximate surface area is 180 Å². The Kier molecular flexibility index (Phi) is 5.77. The molecule has 0 saturated carbocycles. The molecule has 1 aromatic heterocycles. The van der Waals surface area contributed by atoms with Crippen LogP contribution < -0.4 is 5.32 Å². The van der Waals surface area contributed by atoms with Crippen molar-refractivity contribution in [2.24, 2.45) is 4.40 Å². The lowest BCUT2D eigenvalue weighted by atomic mass is 10.2. The molecule has 2 heterocycles. The minimum Gasteiger partial charge on any atom is -0.362 e. The molecule has 0 unspecified atom stereocenters. The van der Waals surface area contributed by atoms with Crippen LogP contribution in [0.15, 0.2) is 57.8 Å². The SMILES string of the molecule is CN1CCCCCC1=NS(=O)(=O)c1cccc(NC(=O)c2cc3c(F)cccc3[nH]2)c1. The van der Waals surface area contributed by atoms with Gasteiger partial charge in [0.05, 0.1) is 4.90 Å². The lowest BCUT2D eigenvalue weighted by Gasteiger charge is -2.17. The zero-order valence-corrected chi connectivity index (χ0v) is 17.9. The van der Waals surface area contributed by atoms with E-state index >= 15 is 0 Å². The Hall–Kier alpha value is -3.20. The van der Waals surface area contributed by atoms with Crippen molar-refractivity contribution in [3.05, 3.63) is 60.0 Å². The summed E-state index contributed by atoms with van der Waals surface area (Å²) in [4.78, 5) is 17.4. The Bertz CT molecular complexity index is 1270. The average molecular weight is 443 g/mol. The number of halogens is 1. The summed E-state index contributed by atoms with van der Waals surface area (Å²) in [5.74, 6) is -0.379. The van der Waals surface area contributed by atoms with Gasteiger partial charge in [-0.25, -0.2) is 4.39 Å². The van der Waals surface area contributed by atoms with E-state index in [4.69, 9.17) is 0 Å². The van der Waals surface area contributed by atoms with Crippen LogP contribution in [-0.2, 0) is 10.0 Å². The van der Waals surface area contributed by atoms with Gasteiger partial charge >= 0.3 is 0 Å². The third kappa shape index (κ3) is 4.61. The molecule has 9 heteroatoms. The standard InChI is InChI=1S/C22H23FN4O3S/c1-27-12-4-2-3-11-21(27)26-31(29,30)16-8-5-7-15(13-16)24-22(28)20-14-17-18(23)9-6-10-19(17)25-20/h5-10,13-14,25H,2-4,11-12H2,1H3,(H,24,28). The van der Waals surface area contributed by atoms with Gasteiger partial charge in [0.2, 0.25) is 0 Å². The average Bonchev–Trinajstić information content (AvgIpc) is 3.09. The highest BCUT2D eigenvalue weighted by molar-refractivity contribution is 7.90. The van der Waals surface area contributed by atoms with Crippen molar-refractivity contribution in [2.75, 3.05) is 18.9 Å². The van der Waals surface area contributed by atoms with Crippen molar-refractivity contribution in [2.45, 2.75) is 30.6 Å². The molecule has 1 fully saturated rings. The highest BCUT2D eigenvalue weighted by Gasteiger charge is 2.19. The van der Waals surface area contributed by atoms with Gasteiger partial charge in [0, 0.05) is 36.6 Å². The van der Waals surface area contributed by atoms with Crippen molar-refractivity contribution in [3.63, 3.8) is 0 Å². The molecule has 31 heavy (non-hydrogen) atoms. The van der Waals surface area contributed by atoms with Gasteiger partial charge in [-0.1, -0.05) is 18.6 Å². The smallest absolute Gasteiger partial charge is 0.284 e. The first-order valence-electron chi connectivity index (χ1n) is 10.1. The predicted molar refractivity (Wildman–Crippen MR) is 118 cm³/mol. The third-order valence-electron chi connectivity index (χ3n) is 5.31. The number of fused-ring (bicyclic) bond motifs is 1. The number of likely N-dealkylation sites (tertiary alicyclic amines) is 1. The molecular formula is C22H23FN4O3S. The molecule has 1 saturated heterocycles. The number of nitrogens with zero attached hydrogens (tertiary/aromatic N) is 2. The Morgan fingerprint density at radius 2 is 1.94 bits per heavy atom. The largest absolute Gasteiger partial charge is 0.362 e. The van der Waals surface area contributed by atoms with Crippen LogP contribution in [0, 0.1) is 5.82 Å². The van der Waals surface area contributed by atoms with E-state index in [2.05, 4.69) is 14.7 Å². The predicted octanol–water partition coefficient (Wildman–Crippen LogP) is 4.15. The number of benzene rings is 2. The normalized spacial score (nSPS) is 16.5. The Morgan fingerprint density at radius 3 is 2.74 bits per heavy atom. The van der Waals surface area contributed by atoms with Crippen LogP contribution in [0.5, 0.6) is 0 Å². The number of amides is 1. The number of hydrogen-bond acceptors (Lipinski definition) is 3. The molecule has 0 radical (unpaired) electrons. The molecule has 0 spiro atoms. The number of aromatic nitrogens is 1. The molecule has 0 aliphatic carbocycles. The van der Waals surface area contributed by atoms with Crippen molar-refractivity contribution in [1.29, 1.82) is 0 Å². The summed E-state index contributed by atoms with van der Waals surface area (Å²) in [6.07, 6.45) is 3.57. The van der Waals surface area contributed by atoms with Gasteiger partial charge in [0.1, 0.15) is 17.3 Å². The van der Waals surface area contributed by atoms with E-state index in [-0.39, 0.29) is 10.6 Å². The van der Waals surface area contributed by atoms with Crippen LogP contribution in [0.1, 0.15) is 36.2 Å². The molecule has 162 valence electrons. The maximum absolute atomic E-state index is 13.9. The number of anilines is 1. The minimum atomic E-state index is -3.92. The number of sulfonamides is 1. The fourth-order valence-corrected chi connectivity index (χ4v) is 4.75. The zero-order chi connectivity index (χ0) is 22.0. The number of carbonyl (C=O) groups excluding carboxylic acids is 1. The van der Waals surface area contributed by atoms with E-state index in [1.54, 1.807) is 24.3 Å². The van der Waals surface area contributed by atoms with Crippen LogP contribution in [0.25, 0.3) is 10.9 Å². The maximum atomic E-state index is 13.9. The molecule has 3 aromatic rings. The van der Waals surface area contributed by atoms with E-state index in [9.17, 15) is 17.6 Å². The summed E-state index contributed by atoms with van der Waals surface area (Å²) < 4.78 is 43.6. The Morgan fingerprint density at radius 1 is 1.13 bits per heavy atom. The van der Waals surface area contributed by atoms with Gasteiger partial charge in [-0.05, 0) is 49.2 Å². The summed E-state index contributed by atoms with van der Waals surface area (Å²) in [6, 6.07) is 11.9. The first-order chi connectivity index (χ1) is 14.8. The summed E-state index contributed by atoms with van der Waals surface area (Å²) in [5, 5.41) is 2.97. The molecule has 1 amide bonds. The third-order valence-corrected chi connectivity index (χ3v) is 6.61. The summed E-state index contributed by atoms with van der Waals surface area (Å²) in [7, 11) is -2.07. The number of nitrogens with one attached hydrogen (secondary N) is 2. The van der Waals surface area contributed by atoms with Crippen LogP contribution in [-0.4, -0.2) is 43.6 Å². The van der Waals surface area contributed by atoms with E-state index in [1.807, 2.05) is 11.9 Å². The highest BCUT2D eigenvalue weighted by atomic mass is 32.2. The van der Waals surface area contributed by atoms with Gasteiger partial charge < -0.3 is 15.2 Å². The number of aromatic amines is 1. The van der Waals surface area contributed by atoms with Crippen molar-refractivity contribution in [1.82, 2.24) is 9.88 Å². The summed E-state index contributed by atoms with van der Waals surface area (Å²) in [5.41, 5.74) is 0.984. The lowest BCUT2D eigenvalue weighted by molar-refractivity contribution is 0.102.